The molecule has 0 spiro atoms. The lowest BCUT2D eigenvalue weighted by molar-refractivity contribution is 0.128. The Morgan fingerprint density at radius 3 is 2.60 bits per heavy atom. The average Bonchev–Trinajstić information content (AvgIpc) is 2.44. The normalized spacial score (nSPS) is 22.3. The third-order valence-electron chi connectivity index (χ3n) is 4.81. The van der Waals surface area contributed by atoms with Crippen LogP contribution in [-0.4, -0.2) is 44.7 Å². The van der Waals surface area contributed by atoms with Crippen molar-refractivity contribution >= 4 is 15.9 Å². The Morgan fingerprint density at radius 2 is 2.05 bits per heavy atom. The van der Waals surface area contributed by atoms with Crippen LogP contribution < -0.4 is 10.1 Å². The lowest BCUT2D eigenvalue weighted by Crippen LogP contribution is -2.51. The number of ether oxygens (including phenoxy) is 1. The Labute approximate surface area is 129 Å². The van der Waals surface area contributed by atoms with Gasteiger partial charge in [0.1, 0.15) is 5.75 Å². The molecule has 1 aromatic carbocycles. The minimum atomic E-state index is 0.367. The summed E-state index contributed by atoms with van der Waals surface area (Å²) in [6.07, 6.45) is 3.99. The number of piperazine rings is 1. The highest BCUT2D eigenvalue weighted by molar-refractivity contribution is 9.10. The molecule has 3 rings (SSSR count). The summed E-state index contributed by atoms with van der Waals surface area (Å²) in [6, 6.07) is 6.61. The molecule has 2 aliphatic rings. The van der Waals surface area contributed by atoms with Crippen molar-refractivity contribution in [1.29, 1.82) is 0 Å². The highest BCUT2D eigenvalue weighted by Gasteiger charge is 2.40. The molecular formula is C16H23BrN2O. The van der Waals surface area contributed by atoms with Crippen LogP contribution in [0.25, 0.3) is 0 Å². The maximum Gasteiger partial charge on any atom is 0.133 e. The van der Waals surface area contributed by atoms with Gasteiger partial charge >= 0.3 is 0 Å². The summed E-state index contributed by atoms with van der Waals surface area (Å²) in [6.45, 7) is 5.82. The van der Waals surface area contributed by atoms with Gasteiger partial charge in [-0.05, 0) is 46.5 Å². The number of nitrogens with zero attached hydrogens (tertiary/aromatic N) is 1. The number of hydrogen-bond donors (Lipinski definition) is 1. The third-order valence-corrected chi connectivity index (χ3v) is 5.43. The Hall–Kier alpha value is -0.580. The molecule has 4 heteroatoms. The van der Waals surface area contributed by atoms with Gasteiger partial charge < -0.3 is 10.1 Å². The zero-order valence-electron chi connectivity index (χ0n) is 12.1. The van der Waals surface area contributed by atoms with Crippen LogP contribution in [0.5, 0.6) is 5.75 Å². The van der Waals surface area contributed by atoms with E-state index in [-0.39, 0.29) is 0 Å². The SMILES string of the molecule is COc1ccc(C2(CN3CCNCC3)CCC2)cc1Br. The predicted molar refractivity (Wildman–Crippen MR) is 85.5 cm³/mol. The van der Waals surface area contributed by atoms with Crippen molar-refractivity contribution in [2.45, 2.75) is 24.7 Å². The topological polar surface area (TPSA) is 24.5 Å². The van der Waals surface area contributed by atoms with Gasteiger partial charge in [-0.15, -0.1) is 0 Å². The van der Waals surface area contributed by atoms with Gasteiger partial charge in [-0.3, -0.25) is 4.90 Å². The van der Waals surface area contributed by atoms with E-state index in [2.05, 4.69) is 44.3 Å². The molecule has 1 saturated carbocycles. The zero-order valence-corrected chi connectivity index (χ0v) is 13.7. The molecule has 0 bridgehead atoms. The molecule has 0 amide bonds. The van der Waals surface area contributed by atoms with Gasteiger partial charge in [0, 0.05) is 38.1 Å². The fourth-order valence-electron chi connectivity index (χ4n) is 3.44. The second-order valence-electron chi connectivity index (χ2n) is 6.01. The van der Waals surface area contributed by atoms with E-state index in [0.29, 0.717) is 5.41 Å². The molecule has 1 saturated heterocycles. The Bertz CT molecular complexity index is 468. The van der Waals surface area contributed by atoms with Gasteiger partial charge in [-0.1, -0.05) is 12.5 Å². The summed E-state index contributed by atoms with van der Waals surface area (Å²) in [5.41, 5.74) is 1.83. The third kappa shape index (κ3) is 2.74. The first-order valence-electron chi connectivity index (χ1n) is 7.51. The number of benzene rings is 1. The molecule has 20 heavy (non-hydrogen) atoms. The van der Waals surface area contributed by atoms with Crippen molar-refractivity contribution in [2.75, 3.05) is 39.8 Å². The van der Waals surface area contributed by atoms with E-state index in [1.165, 1.54) is 44.5 Å². The van der Waals surface area contributed by atoms with E-state index in [0.717, 1.165) is 23.3 Å². The minimum Gasteiger partial charge on any atom is -0.496 e. The summed E-state index contributed by atoms with van der Waals surface area (Å²) in [5.74, 6) is 0.922. The van der Waals surface area contributed by atoms with Crippen LogP contribution in [0.2, 0.25) is 0 Å². The number of methoxy groups -OCH3 is 1. The summed E-state index contributed by atoms with van der Waals surface area (Å²) in [7, 11) is 1.72. The maximum absolute atomic E-state index is 5.35. The Balaban J connectivity index is 1.79. The summed E-state index contributed by atoms with van der Waals surface area (Å²) >= 11 is 3.63. The average molecular weight is 339 g/mol. The number of rotatable bonds is 4. The van der Waals surface area contributed by atoms with Gasteiger partial charge in [0.2, 0.25) is 0 Å². The maximum atomic E-state index is 5.35. The van der Waals surface area contributed by atoms with Crippen molar-refractivity contribution < 1.29 is 4.74 Å². The standard InChI is InChI=1S/C16H23BrN2O/c1-20-15-4-3-13(11-14(15)17)16(5-2-6-16)12-19-9-7-18-8-10-19/h3-4,11,18H,2,5-10,12H2,1H3. The lowest BCUT2D eigenvalue weighted by Gasteiger charge is -2.46. The van der Waals surface area contributed by atoms with Crippen LogP contribution >= 0.6 is 15.9 Å². The van der Waals surface area contributed by atoms with E-state index in [9.17, 15) is 0 Å². The van der Waals surface area contributed by atoms with Crippen molar-refractivity contribution in [3.8, 4) is 5.75 Å². The molecule has 0 unspecified atom stereocenters. The molecular weight excluding hydrogens is 316 g/mol. The molecule has 1 aliphatic carbocycles. The second kappa shape index (κ2) is 6.04. The van der Waals surface area contributed by atoms with Gasteiger partial charge in [0.05, 0.1) is 11.6 Å². The lowest BCUT2D eigenvalue weighted by atomic mass is 9.64. The fraction of sp³-hybridized carbons (Fsp3) is 0.625. The molecule has 0 aromatic heterocycles. The number of halogens is 1. The highest BCUT2D eigenvalue weighted by atomic mass is 79.9. The van der Waals surface area contributed by atoms with Gasteiger partial charge in [0.25, 0.3) is 0 Å². The number of nitrogens with one attached hydrogen (secondary N) is 1. The Morgan fingerprint density at radius 1 is 1.30 bits per heavy atom. The van der Waals surface area contributed by atoms with Gasteiger partial charge in [-0.2, -0.15) is 0 Å². The van der Waals surface area contributed by atoms with Crippen LogP contribution in [0.1, 0.15) is 24.8 Å². The van der Waals surface area contributed by atoms with Crippen LogP contribution in [0.15, 0.2) is 22.7 Å². The molecule has 3 nitrogen and oxygen atoms in total. The predicted octanol–water partition coefficient (Wildman–Crippen LogP) is 2.78. The van der Waals surface area contributed by atoms with Gasteiger partial charge in [-0.25, -0.2) is 0 Å². The molecule has 1 N–H and O–H groups in total. The molecule has 110 valence electrons. The van der Waals surface area contributed by atoms with E-state index in [1.54, 1.807) is 7.11 Å². The van der Waals surface area contributed by atoms with Crippen LogP contribution in [0.4, 0.5) is 0 Å². The zero-order chi connectivity index (χ0) is 14.0. The largest absolute Gasteiger partial charge is 0.496 e. The first-order valence-corrected chi connectivity index (χ1v) is 8.30. The molecule has 1 aromatic rings. The molecule has 2 fully saturated rings. The van der Waals surface area contributed by atoms with Crippen LogP contribution in [0.3, 0.4) is 0 Å². The molecule has 1 aliphatic heterocycles. The fourth-order valence-corrected chi connectivity index (χ4v) is 3.98. The van der Waals surface area contributed by atoms with E-state index >= 15 is 0 Å². The summed E-state index contributed by atoms with van der Waals surface area (Å²) in [5, 5.41) is 3.43. The monoisotopic (exact) mass is 338 g/mol. The van der Waals surface area contributed by atoms with Crippen molar-refractivity contribution in [2.24, 2.45) is 0 Å². The van der Waals surface area contributed by atoms with E-state index in [1.807, 2.05) is 0 Å². The van der Waals surface area contributed by atoms with Crippen molar-refractivity contribution in [1.82, 2.24) is 10.2 Å². The van der Waals surface area contributed by atoms with E-state index in [4.69, 9.17) is 4.74 Å². The Kier molecular flexibility index (Phi) is 4.34. The van der Waals surface area contributed by atoms with Crippen molar-refractivity contribution in [3.05, 3.63) is 28.2 Å². The molecule has 0 radical (unpaired) electrons. The summed E-state index contributed by atoms with van der Waals surface area (Å²) in [4.78, 5) is 2.62. The highest BCUT2D eigenvalue weighted by Crippen LogP contribution is 2.46. The summed E-state index contributed by atoms with van der Waals surface area (Å²) < 4.78 is 6.42. The first-order chi connectivity index (χ1) is 9.73. The molecule has 1 heterocycles. The van der Waals surface area contributed by atoms with E-state index < -0.39 is 0 Å². The number of hydrogen-bond acceptors (Lipinski definition) is 3. The van der Waals surface area contributed by atoms with Crippen LogP contribution in [-0.2, 0) is 5.41 Å². The molecule has 0 atom stereocenters. The minimum absolute atomic E-state index is 0.367. The first kappa shape index (κ1) is 14.4. The second-order valence-corrected chi connectivity index (χ2v) is 6.86. The van der Waals surface area contributed by atoms with Crippen LogP contribution in [0, 0.1) is 0 Å². The quantitative estimate of drug-likeness (QED) is 0.913. The smallest absolute Gasteiger partial charge is 0.133 e. The van der Waals surface area contributed by atoms with Gasteiger partial charge in [0.15, 0.2) is 0 Å². The van der Waals surface area contributed by atoms with Crippen molar-refractivity contribution in [3.63, 3.8) is 0 Å².